The molecule has 6 heteroatoms. The maximum absolute atomic E-state index is 13.3. The molecule has 0 fully saturated rings. The number of rotatable bonds is 1. The first-order valence-electron chi connectivity index (χ1n) is 13.0. The molecule has 5 aliphatic rings. The largest absolute Gasteiger partial charge is 0.379 e. The van der Waals surface area contributed by atoms with Crippen molar-refractivity contribution in [2.75, 3.05) is 19.8 Å². The van der Waals surface area contributed by atoms with E-state index in [2.05, 4.69) is 54.5 Å². The lowest BCUT2D eigenvalue weighted by atomic mass is 9.84. The summed E-state index contributed by atoms with van der Waals surface area (Å²) < 4.78 is 7.86. The molecular weight excluding hydrogens is 448 g/mol. The van der Waals surface area contributed by atoms with Gasteiger partial charge < -0.3 is 9.64 Å². The quantitative estimate of drug-likeness (QED) is 0.382. The molecule has 0 aliphatic carbocycles. The van der Waals surface area contributed by atoms with Crippen molar-refractivity contribution in [3.8, 4) is 0 Å². The maximum atomic E-state index is 13.3. The van der Waals surface area contributed by atoms with E-state index in [1.54, 1.807) is 0 Å². The van der Waals surface area contributed by atoms with Crippen molar-refractivity contribution in [3.63, 3.8) is 0 Å². The summed E-state index contributed by atoms with van der Waals surface area (Å²) in [5.74, 6) is 0.372. The smallest absolute Gasteiger partial charge is 0.254 e. The summed E-state index contributed by atoms with van der Waals surface area (Å²) in [6.45, 7) is 7.69. The number of amides is 1. The van der Waals surface area contributed by atoms with Gasteiger partial charge in [0.05, 0.1) is 25.3 Å². The summed E-state index contributed by atoms with van der Waals surface area (Å²) in [6.07, 6.45) is 2.69. The zero-order chi connectivity index (χ0) is 24.6. The average molecular weight is 481 g/mol. The molecule has 1 aromatic heterocycles. The van der Waals surface area contributed by atoms with Gasteiger partial charge in [-0.05, 0) is 77.8 Å². The molecule has 36 heavy (non-hydrogen) atoms. The molecule has 1 amide bonds. The molecule has 1 unspecified atom stereocenters. The Bertz CT molecular complexity index is 1420. The van der Waals surface area contributed by atoms with Crippen molar-refractivity contribution in [2.24, 2.45) is 0 Å². The van der Waals surface area contributed by atoms with Crippen LogP contribution in [0.25, 0.3) is 11.0 Å². The Morgan fingerprint density at radius 1 is 0.972 bits per heavy atom. The first-order chi connectivity index (χ1) is 17.6. The van der Waals surface area contributed by atoms with Gasteiger partial charge in [-0.3, -0.25) is 4.79 Å². The molecule has 1 atom stereocenters. The fraction of sp³-hybridized carbons (Fsp3) is 0.367. The van der Waals surface area contributed by atoms with Crippen LogP contribution in [-0.2, 0) is 30.7 Å². The SMILES string of the molecule is CCC1c2ccc3c(c2)CN(CC3)C(=O)c2ccc(cc2)CCOCCn2nnc3c(C)c1ccc32. The van der Waals surface area contributed by atoms with Crippen molar-refractivity contribution in [1.29, 1.82) is 0 Å². The van der Waals surface area contributed by atoms with Gasteiger partial charge >= 0.3 is 0 Å². The first kappa shape index (κ1) is 22.9. The van der Waals surface area contributed by atoms with Crippen LogP contribution in [0, 0.1) is 6.92 Å². The van der Waals surface area contributed by atoms with Gasteiger partial charge in [-0.25, -0.2) is 4.68 Å². The van der Waals surface area contributed by atoms with Gasteiger partial charge in [0.25, 0.3) is 5.91 Å². The van der Waals surface area contributed by atoms with E-state index in [1.165, 1.54) is 33.4 Å². The second-order valence-electron chi connectivity index (χ2n) is 9.99. The zero-order valence-corrected chi connectivity index (χ0v) is 21.0. The first-order valence-corrected chi connectivity index (χ1v) is 13.0. The normalized spacial score (nSPS) is 18.3. The van der Waals surface area contributed by atoms with Gasteiger partial charge in [0.2, 0.25) is 0 Å². The molecular formula is C30H32N4O2. The standard InChI is InChI=1S/C30H32N4O2/c1-3-26-24-9-8-22-12-14-33(19-25(22)18-24)30(35)23-6-4-21(5-7-23)13-16-36-17-15-34-28-11-10-27(26)20(2)29(28)31-32-34/h4-11,18,26H,3,12-17,19H2,1-2H3. The van der Waals surface area contributed by atoms with Crippen molar-refractivity contribution in [2.45, 2.75) is 52.1 Å². The van der Waals surface area contributed by atoms with E-state index >= 15 is 0 Å². The Labute approximate surface area is 211 Å². The van der Waals surface area contributed by atoms with E-state index in [4.69, 9.17) is 4.74 Å². The molecule has 6 nitrogen and oxygen atoms in total. The third-order valence-electron chi connectivity index (χ3n) is 7.88. The molecule has 0 saturated carbocycles. The number of hydrogen-bond acceptors (Lipinski definition) is 4. The van der Waals surface area contributed by atoms with Crippen LogP contribution in [0.1, 0.15) is 63.0 Å². The number of nitrogens with zero attached hydrogens (tertiary/aromatic N) is 4. The zero-order valence-electron chi connectivity index (χ0n) is 21.0. The van der Waals surface area contributed by atoms with E-state index in [0.29, 0.717) is 26.3 Å². The summed E-state index contributed by atoms with van der Waals surface area (Å²) >= 11 is 0. The van der Waals surface area contributed by atoms with Gasteiger partial charge in [-0.15, -0.1) is 5.10 Å². The molecule has 5 aliphatic heterocycles. The molecule has 3 aromatic carbocycles. The minimum Gasteiger partial charge on any atom is -0.379 e. The predicted octanol–water partition coefficient (Wildman–Crippen LogP) is 5.05. The highest BCUT2D eigenvalue weighted by molar-refractivity contribution is 5.94. The molecule has 0 N–H and O–H groups in total. The minimum atomic E-state index is 0.107. The van der Waals surface area contributed by atoms with Gasteiger partial charge in [-0.1, -0.05) is 48.5 Å². The van der Waals surface area contributed by atoms with E-state index < -0.39 is 0 Å². The van der Waals surface area contributed by atoms with Crippen LogP contribution >= 0.6 is 0 Å². The van der Waals surface area contributed by atoms with Gasteiger partial charge in [-0.2, -0.15) is 0 Å². The number of ether oxygens (including phenoxy) is 1. The molecule has 4 aromatic rings. The summed E-state index contributed by atoms with van der Waals surface area (Å²) in [7, 11) is 0. The van der Waals surface area contributed by atoms with E-state index in [0.717, 1.165) is 42.4 Å². The minimum absolute atomic E-state index is 0.107. The summed E-state index contributed by atoms with van der Waals surface area (Å²) in [5.41, 5.74) is 10.3. The van der Waals surface area contributed by atoms with Crippen molar-refractivity contribution >= 4 is 16.9 Å². The van der Waals surface area contributed by atoms with Crippen LogP contribution in [0.2, 0.25) is 0 Å². The lowest BCUT2D eigenvalue weighted by Gasteiger charge is -2.30. The second kappa shape index (κ2) is 9.51. The van der Waals surface area contributed by atoms with E-state index in [-0.39, 0.29) is 11.8 Å². The lowest BCUT2D eigenvalue weighted by molar-refractivity contribution is 0.0734. The summed E-state index contributed by atoms with van der Waals surface area (Å²) in [6, 6.07) is 19.3. The fourth-order valence-electron chi connectivity index (χ4n) is 5.77. The Kier molecular flexibility index (Phi) is 6.05. The van der Waals surface area contributed by atoms with E-state index in [1.807, 2.05) is 33.8 Å². The highest BCUT2D eigenvalue weighted by atomic mass is 16.5. The van der Waals surface area contributed by atoms with Crippen LogP contribution in [0.4, 0.5) is 0 Å². The van der Waals surface area contributed by atoms with Crippen LogP contribution in [0.15, 0.2) is 54.6 Å². The third kappa shape index (κ3) is 4.09. The maximum Gasteiger partial charge on any atom is 0.254 e. The molecule has 9 rings (SSSR count). The molecule has 0 spiro atoms. The van der Waals surface area contributed by atoms with Gasteiger partial charge in [0.1, 0.15) is 5.52 Å². The number of aryl methyl sites for hydroxylation is 1. The summed E-state index contributed by atoms with van der Waals surface area (Å²) in [4.78, 5) is 15.3. The summed E-state index contributed by atoms with van der Waals surface area (Å²) in [5, 5.41) is 8.98. The number of benzene rings is 3. The Hall–Kier alpha value is -3.51. The second-order valence-corrected chi connectivity index (χ2v) is 9.99. The van der Waals surface area contributed by atoms with Crippen molar-refractivity contribution in [3.05, 3.63) is 93.5 Å². The van der Waals surface area contributed by atoms with Crippen molar-refractivity contribution < 1.29 is 9.53 Å². The van der Waals surface area contributed by atoms with E-state index in [9.17, 15) is 4.79 Å². The Balaban J connectivity index is 1.42. The predicted molar refractivity (Wildman–Crippen MR) is 140 cm³/mol. The number of carbonyl (C=O) groups excluding carboxylic acids is 1. The van der Waals surface area contributed by atoms with Crippen LogP contribution in [0.5, 0.6) is 0 Å². The number of aromatic nitrogens is 3. The number of carbonyl (C=O) groups is 1. The Morgan fingerprint density at radius 3 is 2.67 bits per heavy atom. The van der Waals surface area contributed by atoms with Crippen LogP contribution in [0.3, 0.4) is 0 Å². The van der Waals surface area contributed by atoms with Gasteiger partial charge in [0, 0.05) is 24.6 Å². The highest BCUT2D eigenvalue weighted by Crippen LogP contribution is 2.35. The average Bonchev–Trinajstić information content (AvgIpc) is 3.33. The number of hydrogen-bond donors (Lipinski definition) is 0. The topological polar surface area (TPSA) is 60.2 Å². The fourth-order valence-corrected chi connectivity index (χ4v) is 5.77. The molecule has 0 saturated heterocycles. The lowest BCUT2D eigenvalue weighted by Crippen LogP contribution is -2.36. The van der Waals surface area contributed by atoms with Crippen LogP contribution < -0.4 is 0 Å². The highest BCUT2D eigenvalue weighted by Gasteiger charge is 2.24. The molecule has 0 radical (unpaired) electrons. The Morgan fingerprint density at radius 2 is 1.83 bits per heavy atom. The third-order valence-corrected chi connectivity index (χ3v) is 7.88. The molecule has 6 heterocycles. The molecule has 9 bridgehead atoms. The monoisotopic (exact) mass is 480 g/mol. The van der Waals surface area contributed by atoms with Crippen molar-refractivity contribution in [1.82, 2.24) is 19.9 Å². The van der Waals surface area contributed by atoms with Gasteiger partial charge in [0.15, 0.2) is 0 Å². The molecule has 184 valence electrons. The van der Waals surface area contributed by atoms with Crippen LogP contribution in [-0.4, -0.2) is 45.6 Å².